The second-order valence-electron chi connectivity index (χ2n) is 3.43. The second kappa shape index (κ2) is 17.9. The van der Waals surface area contributed by atoms with Crippen molar-refractivity contribution in [3.05, 3.63) is 18.6 Å². The lowest BCUT2D eigenvalue weighted by molar-refractivity contribution is -0.117. The summed E-state index contributed by atoms with van der Waals surface area (Å²) < 4.78 is 0. The molecule has 0 aliphatic rings. The van der Waals surface area contributed by atoms with Crippen LogP contribution in [-0.2, 0) is 4.79 Å². The highest BCUT2D eigenvalue weighted by Gasteiger charge is 1.95. The molecule has 1 aromatic heterocycles. The summed E-state index contributed by atoms with van der Waals surface area (Å²) in [6.45, 7) is 13.7. The smallest absolute Gasteiger partial charge is 0.130 e. The van der Waals surface area contributed by atoms with Crippen molar-refractivity contribution < 1.29 is 4.79 Å². The average molecular weight is 255 g/mol. The van der Waals surface area contributed by atoms with E-state index in [2.05, 4.69) is 9.97 Å². The molecule has 0 aromatic carbocycles. The van der Waals surface area contributed by atoms with Gasteiger partial charge >= 0.3 is 0 Å². The molecule has 0 saturated carbocycles. The van der Waals surface area contributed by atoms with Crippen LogP contribution in [0.25, 0.3) is 0 Å². The van der Waals surface area contributed by atoms with E-state index in [9.17, 15) is 4.79 Å². The van der Waals surface area contributed by atoms with E-state index < -0.39 is 0 Å². The zero-order chi connectivity index (χ0) is 15.0. The number of ketones is 1. The first-order valence-corrected chi connectivity index (χ1v) is 6.53. The van der Waals surface area contributed by atoms with Crippen LogP contribution in [0.3, 0.4) is 0 Å². The first-order chi connectivity index (χ1) is 8.52. The Kier molecular flexibility index (Phi) is 21.7. The van der Waals surface area contributed by atoms with E-state index in [0.717, 1.165) is 6.42 Å². The SMILES string of the molecule is CC.CC.CC(=O)CC(C)C.Nc1ccncn1. The third-order valence-electron chi connectivity index (χ3n) is 1.30. The lowest BCUT2D eigenvalue weighted by Gasteiger charge is -1.95. The average Bonchev–Trinajstić information content (AvgIpc) is 2.34. The number of hydrogen-bond acceptors (Lipinski definition) is 4. The van der Waals surface area contributed by atoms with Crippen molar-refractivity contribution in [3.63, 3.8) is 0 Å². The van der Waals surface area contributed by atoms with Crippen LogP contribution in [-0.4, -0.2) is 15.8 Å². The van der Waals surface area contributed by atoms with Crippen LogP contribution < -0.4 is 5.73 Å². The minimum absolute atomic E-state index is 0.287. The van der Waals surface area contributed by atoms with Crippen LogP contribution in [0.4, 0.5) is 5.82 Å². The highest BCUT2D eigenvalue weighted by atomic mass is 16.1. The Hall–Kier alpha value is -1.45. The summed E-state index contributed by atoms with van der Waals surface area (Å²) in [6, 6.07) is 1.64. The topological polar surface area (TPSA) is 68.9 Å². The third kappa shape index (κ3) is 24.0. The molecule has 4 heteroatoms. The predicted molar refractivity (Wildman–Crippen MR) is 79.3 cm³/mol. The molecule has 0 bridgehead atoms. The maximum Gasteiger partial charge on any atom is 0.130 e. The molecule has 18 heavy (non-hydrogen) atoms. The first kappa shape index (κ1) is 21.8. The van der Waals surface area contributed by atoms with Gasteiger partial charge in [0.25, 0.3) is 0 Å². The molecule has 106 valence electrons. The van der Waals surface area contributed by atoms with Gasteiger partial charge in [-0.05, 0) is 18.9 Å². The number of anilines is 1. The van der Waals surface area contributed by atoms with Gasteiger partial charge in [-0.15, -0.1) is 0 Å². The fraction of sp³-hybridized carbons (Fsp3) is 0.643. The first-order valence-electron chi connectivity index (χ1n) is 6.53. The molecule has 0 saturated heterocycles. The Bertz CT molecular complexity index is 261. The number of nitrogen functional groups attached to an aromatic ring is 1. The van der Waals surface area contributed by atoms with E-state index in [1.165, 1.54) is 6.33 Å². The Balaban J connectivity index is -0.000000196. The van der Waals surface area contributed by atoms with Gasteiger partial charge in [0, 0.05) is 12.6 Å². The van der Waals surface area contributed by atoms with Gasteiger partial charge < -0.3 is 10.5 Å². The van der Waals surface area contributed by atoms with Crippen LogP contribution in [0.15, 0.2) is 18.6 Å². The fourth-order valence-electron chi connectivity index (χ4n) is 0.876. The van der Waals surface area contributed by atoms with Gasteiger partial charge in [0.15, 0.2) is 0 Å². The van der Waals surface area contributed by atoms with Gasteiger partial charge in [-0.2, -0.15) is 0 Å². The summed E-state index contributed by atoms with van der Waals surface area (Å²) >= 11 is 0. The summed E-state index contributed by atoms with van der Waals surface area (Å²) in [5.41, 5.74) is 5.21. The van der Waals surface area contributed by atoms with Crippen molar-refractivity contribution in [2.45, 2.75) is 54.9 Å². The van der Waals surface area contributed by atoms with Crippen LogP contribution in [0.5, 0.6) is 0 Å². The summed E-state index contributed by atoms with van der Waals surface area (Å²) in [5, 5.41) is 0. The monoisotopic (exact) mass is 255 g/mol. The molecule has 0 aliphatic carbocycles. The number of rotatable bonds is 2. The summed E-state index contributed by atoms with van der Waals surface area (Å²) in [4.78, 5) is 17.6. The van der Waals surface area contributed by atoms with E-state index in [1.807, 2.05) is 41.5 Å². The van der Waals surface area contributed by atoms with Gasteiger partial charge in [0.1, 0.15) is 17.9 Å². The van der Waals surface area contributed by atoms with Crippen molar-refractivity contribution in [1.29, 1.82) is 0 Å². The number of Topliss-reactive ketones (excluding diaryl/α,β-unsaturated/α-hetero) is 1. The van der Waals surface area contributed by atoms with Crippen LogP contribution in [0, 0.1) is 5.92 Å². The van der Waals surface area contributed by atoms with E-state index in [0.29, 0.717) is 11.7 Å². The molecule has 0 radical (unpaired) electrons. The van der Waals surface area contributed by atoms with E-state index in [4.69, 9.17) is 5.73 Å². The quantitative estimate of drug-likeness (QED) is 0.874. The molecule has 0 aliphatic heterocycles. The molecule has 0 amide bonds. The summed E-state index contributed by atoms with van der Waals surface area (Å²) in [7, 11) is 0. The van der Waals surface area contributed by atoms with Crippen molar-refractivity contribution in [1.82, 2.24) is 9.97 Å². The number of nitrogens with zero attached hydrogens (tertiary/aromatic N) is 2. The number of aromatic nitrogens is 2. The van der Waals surface area contributed by atoms with Gasteiger partial charge in [-0.3, -0.25) is 0 Å². The molecule has 0 spiro atoms. The fourth-order valence-corrected chi connectivity index (χ4v) is 0.876. The van der Waals surface area contributed by atoms with Crippen molar-refractivity contribution in [3.8, 4) is 0 Å². The molecular weight excluding hydrogens is 226 g/mol. The van der Waals surface area contributed by atoms with Crippen LogP contribution >= 0.6 is 0 Å². The standard InChI is InChI=1S/C6H12O.C4H5N3.2C2H6/c1-5(2)4-6(3)7;5-4-1-2-6-3-7-4;2*1-2/h5H,4H2,1-3H3;1-3H,(H2,5,6,7);2*1-2H3. The number of nitrogens with two attached hydrogens (primary N) is 1. The Morgan fingerprint density at radius 2 is 1.78 bits per heavy atom. The lowest BCUT2D eigenvalue weighted by atomic mass is 10.1. The van der Waals surface area contributed by atoms with Crippen molar-refractivity contribution in [2.24, 2.45) is 5.92 Å². The van der Waals surface area contributed by atoms with Crippen LogP contribution in [0.1, 0.15) is 54.9 Å². The van der Waals surface area contributed by atoms with Crippen LogP contribution in [0.2, 0.25) is 0 Å². The lowest BCUT2D eigenvalue weighted by Crippen LogP contribution is -1.95. The molecule has 0 atom stereocenters. The maximum absolute atomic E-state index is 10.3. The summed E-state index contributed by atoms with van der Waals surface area (Å²) in [6.07, 6.45) is 3.73. The van der Waals surface area contributed by atoms with Crippen molar-refractivity contribution >= 4 is 11.6 Å². The van der Waals surface area contributed by atoms with E-state index in [1.54, 1.807) is 19.2 Å². The zero-order valence-corrected chi connectivity index (χ0v) is 12.9. The zero-order valence-electron chi connectivity index (χ0n) is 12.9. The largest absolute Gasteiger partial charge is 0.384 e. The normalized spacial score (nSPS) is 7.78. The van der Waals surface area contributed by atoms with E-state index >= 15 is 0 Å². The number of hydrogen-bond donors (Lipinski definition) is 1. The maximum atomic E-state index is 10.3. The van der Waals surface area contributed by atoms with Gasteiger partial charge in [0.05, 0.1) is 0 Å². The molecule has 0 unspecified atom stereocenters. The molecule has 0 fully saturated rings. The molecule has 1 aromatic rings. The van der Waals surface area contributed by atoms with Gasteiger partial charge in [-0.25, -0.2) is 9.97 Å². The van der Waals surface area contributed by atoms with Gasteiger partial charge in [-0.1, -0.05) is 41.5 Å². The number of carbonyl (C=O) groups is 1. The summed E-state index contributed by atoms with van der Waals surface area (Å²) in [5.74, 6) is 1.32. The minimum Gasteiger partial charge on any atom is -0.384 e. The molecular formula is C14H29N3O. The number of carbonyl (C=O) groups excluding carboxylic acids is 1. The predicted octanol–water partition coefficient (Wildman–Crippen LogP) is 3.73. The Labute approximate surface area is 112 Å². The molecule has 1 rings (SSSR count). The van der Waals surface area contributed by atoms with E-state index in [-0.39, 0.29) is 5.78 Å². The minimum atomic E-state index is 0.287. The van der Waals surface area contributed by atoms with Gasteiger partial charge in [0.2, 0.25) is 0 Å². The molecule has 2 N–H and O–H groups in total. The molecule has 1 heterocycles. The molecule has 4 nitrogen and oxygen atoms in total. The highest BCUT2D eigenvalue weighted by Crippen LogP contribution is 1.97. The third-order valence-corrected chi connectivity index (χ3v) is 1.30. The second-order valence-corrected chi connectivity index (χ2v) is 3.43. The Morgan fingerprint density at radius 3 is 1.89 bits per heavy atom. The Morgan fingerprint density at radius 1 is 1.28 bits per heavy atom. The van der Waals surface area contributed by atoms with Crippen molar-refractivity contribution in [2.75, 3.05) is 5.73 Å². The highest BCUT2D eigenvalue weighted by molar-refractivity contribution is 5.75.